The van der Waals surface area contributed by atoms with Gasteiger partial charge in [0.1, 0.15) is 6.61 Å². The number of benzene rings is 1. The van der Waals surface area contributed by atoms with E-state index in [-0.39, 0.29) is 0 Å². The van der Waals surface area contributed by atoms with Crippen LogP contribution in [0.4, 0.5) is 0 Å². The molecule has 0 unspecified atom stereocenters. The van der Waals surface area contributed by atoms with Gasteiger partial charge in [-0.3, -0.25) is 0 Å². The highest BCUT2D eigenvalue weighted by molar-refractivity contribution is 5.84. The van der Waals surface area contributed by atoms with Gasteiger partial charge in [-0.15, -0.1) is 0 Å². The van der Waals surface area contributed by atoms with E-state index < -0.39 is 0 Å². The maximum Gasteiger partial charge on any atom is 0.219 e. The van der Waals surface area contributed by atoms with Crippen molar-refractivity contribution in [2.24, 2.45) is 12.8 Å². The molecule has 2 rings (SSSR count). The van der Waals surface area contributed by atoms with Gasteiger partial charge < -0.3 is 10.5 Å². The molecule has 74 valence electrons. The van der Waals surface area contributed by atoms with Gasteiger partial charge in [0.2, 0.25) is 5.88 Å². The Morgan fingerprint density at radius 1 is 1.43 bits per heavy atom. The van der Waals surface area contributed by atoms with Crippen LogP contribution in [0.25, 0.3) is 10.9 Å². The smallest absolute Gasteiger partial charge is 0.219 e. The highest BCUT2D eigenvalue weighted by Crippen LogP contribution is 2.23. The molecule has 0 spiro atoms. The van der Waals surface area contributed by atoms with E-state index in [0.29, 0.717) is 13.2 Å². The summed E-state index contributed by atoms with van der Waals surface area (Å²) in [6.45, 7) is 1.03. The standard InChI is InChI=1S/C10H13N3O/c1-13-10(14-7-6-11)8-4-2-3-5-9(8)12-13/h2-5H,6-7,11H2,1H3. The molecule has 0 radical (unpaired) electrons. The summed E-state index contributed by atoms with van der Waals surface area (Å²) >= 11 is 0. The second kappa shape index (κ2) is 3.67. The fraction of sp³-hybridized carbons (Fsp3) is 0.300. The summed E-state index contributed by atoms with van der Waals surface area (Å²) in [6, 6.07) is 7.89. The molecule has 0 amide bonds. The lowest BCUT2D eigenvalue weighted by Crippen LogP contribution is -2.12. The number of hydrogen-bond donors (Lipinski definition) is 1. The summed E-state index contributed by atoms with van der Waals surface area (Å²) in [5.74, 6) is 0.783. The van der Waals surface area contributed by atoms with E-state index in [9.17, 15) is 0 Å². The molecule has 14 heavy (non-hydrogen) atoms. The fourth-order valence-electron chi connectivity index (χ4n) is 1.45. The SMILES string of the molecule is Cn1nc2ccccc2c1OCCN. The number of fused-ring (bicyclic) bond motifs is 1. The summed E-state index contributed by atoms with van der Waals surface area (Å²) in [7, 11) is 1.87. The fourth-order valence-corrected chi connectivity index (χ4v) is 1.45. The van der Waals surface area contributed by atoms with E-state index in [1.165, 1.54) is 0 Å². The van der Waals surface area contributed by atoms with Gasteiger partial charge in [0, 0.05) is 13.6 Å². The highest BCUT2D eigenvalue weighted by Gasteiger charge is 2.08. The predicted molar refractivity (Wildman–Crippen MR) is 55.3 cm³/mol. The summed E-state index contributed by atoms with van der Waals surface area (Å²) in [5.41, 5.74) is 6.33. The number of hydrogen-bond acceptors (Lipinski definition) is 3. The van der Waals surface area contributed by atoms with Crippen molar-refractivity contribution in [2.45, 2.75) is 0 Å². The number of aryl methyl sites for hydroxylation is 1. The molecule has 0 aliphatic carbocycles. The molecule has 1 heterocycles. The zero-order valence-corrected chi connectivity index (χ0v) is 8.10. The van der Waals surface area contributed by atoms with E-state index >= 15 is 0 Å². The maximum atomic E-state index is 5.51. The van der Waals surface area contributed by atoms with E-state index in [1.54, 1.807) is 4.68 Å². The normalized spacial score (nSPS) is 10.7. The highest BCUT2D eigenvalue weighted by atomic mass is 16.5. The Morgan fingerprint density at radius 3 is 3.00 bits per heavy atom. The number of aromatic nitrogens is 2. The van der Waals surface area contributed by atoms with E-state index in [4.69, 9.17) is 10.5 Å². The zero-order valence-electron chi connectivity index (χ0n) is 8.10. The molecule has 1 aromatic heterocycles. The van der Waals surface area contributed by atoms with E-state index in [2.05, 4.69) is 5.10 Å². The van der Waals surface area contributed by atoms with Crippen LogP contribution in [0.1, 0.15) is 0 Å². The van der Waals surface area contributed by atoms with Crippen molar-refractivity contribution in [3.05, 3.63) is 24.3 Å². The monoisotopic (exact) mass is 191 g/mol. The van der Waals surface area contributed by atoms with Crippen LogP contribution in [0.15, 0.2) is 24.3 Å². The van der Waals surface area contributed by atoms with Crippen LogP contribution < -0.4 is 10.5 Å². The topological polar surface area (TPSA) is 53.1 Å². The van der Waals surface area contributed by atoms with Crippen molar-refractivity contribution in [1.29, 1.82) is 0 Å². The van der Waals surface area contributed by atoms with Crippen LogP contribution in [-0.4, -0.2) is 22.9 Å². The minimum Gasteiger partial charge on any atom is -0.476 e. The maximum absolute atomic E-state index is 5.51. The Kier molecular flexibility index (Phi) is 2.37. The van der Waals surface area contributed by atoms with Gasteiger partial charge in [0.25, 0.3) is 0 Å². The molecule has 1 aromatic carbocycles. The lowest BCUT2D eigenvalue weighted by atomic mass is 10.2. The lowest BCUT2D eigenvalue weighted by Gasteiger charge is -2.03. The summed E-state index contributed by atoms with van der Waals surface area (Å²) in [4.78, 5) is 0. The third-order valence-corrected chi connectivity index (χ3v) is 2.04. The van der Waals surface area contributed by atoms with Gasteiger partial charge in [0.15, 0.2) is 0 Å². The first-order valence-electron chi connectivity index (χ1n) is 4.57. The first-order chi connectivity index (χ1) is 6.83. The minimum atomic E-state index is 0.513. The van der Waals surface area contributed by atoms with Gasteiger partial charge in [-0.05, 0) is 12.1 Å². The number of nitrogens with zero attached hydrogens (tertiary/aromatic N) is 2. The van der Waals surface area contributed by atoms with Gasteiger partial charge in [0.05, 0.1) is 10.9 Å². The Morgan fingerprint density at radius 2 is 2.21 bits per heavy atom. The van der Waals surface area contributed by atoms with Crippen LogP contribution >= 0.6 is 0 Å². The Bertz CT molecular complexity index is 436. The van der Waals surface area contributed by atoms with Gasteiger partial charge in [-0.2, -0.15) is 5.10 Å². The van der Waals surface area contributed by atoms with Crippen molar-refractivity contribution >= 4 is 10.9 Å². The van der Waals surface area contributed by atoms with Gasteiger partial charge in [-0.1, -0.05) is 12.1 Å². The molecule has 2 aromatic rings. The number of rotatable bonds is 3. The summed E-state index contributed by atoms with van der Waals surface area (Å²) < 4.78 is 7.25. The second-order valence-corrected chi connectivity index (χ2v) is 3.08. The average molecular weight is 191 g/mol. The zero-order chi connectivity index (χ0) is 9.97. The molecule has 0 saturated heterocycles. The van der Waals surface area contributed by atoms with Crippen molar-refractivity contribution in [3.63, 3.8) is 0 Å². The summed E-state index contributed by atoms with van der Waals surface area (Å²) in [5, 5.41) is 5.35. The molecule has 0 bridgehead atoms. The lowest BCUT2D eigenvalue weighted by molar-refractivity contribution is 0.303. The quantitative estimate of drug-likeness (QED) is 0.784. The van der Waals surface area contributed by atoms with Crippen molar-refractivity contribution in [3.8, 4) is 5.88 Å². The summed E-state index contributed by atoms with van der Waals surface area (Å²) in [6.07, 6.45) is 0. The third kappa shape index (κ3) is 1.44. The van der Waals surface area contributed by atoms with Crippen LogP contribution in [0, 0.1) is 0 Å². The Hall–Kier alpha value is -1.55. The number of nitrogens with two attached hydrogens (primary N) is 1. The van der Waals surface area contributed by atoms with E-state index in [1.807, 2.05) is 31.3 Å². The van der Waals surface area contributed by atoms with Crippen LogP contribution in [-0.2, 0) is 7.05 Å². The molecule has 2 N–H and O–H groups in total. The molecule has 0 aliphatic heterocycles. The molecule has 4 nitrogen and oxygen atoms in total. The molecule has 4 heteroatoms. The van der Waals surface area contributed by atoms with Crippen LogP contribution in [0.5, 0.6) is 5.88 Å². The molecule has 0 fully saturated rings. The Balaban J connectivity index is 2.45. The van der Waals surface area contributed by atoms with E-state index in [0.717, 1.165) is 16.8 Å². The van der Waals surface area contributed by atoms with Crippen molar-refractivity contribution < 1.29 is 4.74 Å². The van der Waals surface area contributed by atoms with Crippen molar-refractivity contribution in [1.82, 2.24) is 9.78 Å². The molecule has 0 saturated carbocycles. The largest absolute Gasteiger partial charge is 0.476 e. The first-order valence-corrected chi connectivity index (χ1v) is 4.57. The van der Waals surface area contributed by atoms with Crippen LogP contribution in [0.2, 0.25) is 0 Å². The van der Waals surface area contributed by atoms with Gasteiger partial charge >= 0.3 is 0 Å². The first kappa shape index (κ1) is 9.02. The second-order valence-electron chi connectivity index (χ2n) is 3.08. The van der Waals surface area contributed by atoms with Crippen LogP contribution in [0.3, 0.4) is 0 Å². The third-order valence-electron chi connectivity index (χ3n) is 2.04. The molecular formula is C10H13N3O. The molecular weight excluding hydrogens is 178 g/mol. The van der Waals surface area contributed by atoms with Crippen molar-refractivity contribution in [2.75, 3.05) is 13.2 Å². The Labute approximate surface area is 82.3 Å². The molecule has 0 aliphatic rings. The predicted octanol–water partition coefficient (Wildman–Crippen LogP) is 0.911. The average Bonchev–Trinajstić information content (AvgIpc) is 2.51. The molecule has 0 atom stereocenters. The van der Waals surface area contributed by atoms with Gasteiger partial charge in [-0.25, -0.2) is 4.68 Å². The number of ether oxygens (including phenoxy) is 1. The minimum absolute atomic E-state index is 0.513.